The van der Waals surface area contributed by atoms with Gasteiger partial charge in [-0.25, -0.2) is 4.39 Å². The van der Waals surface area contributed by atoms with E-state index in [0.717, 1.165) is 31.6 Å². The van der Waals surface area contributed by atoms with E-state index in [9.17, 15) is 4.39 Å². The second-order valence-electron chi connectivity index (χ2n) is 5.29. The van der Waals surface area contributed by atoms with Gasteiger partial charge in [-0.2, -0.15) is 0 Å². The van der Waals surface area contributed by atoms with Gasteiger partial charge in [-0.05, 0) is 55.8 Å². The number of benzene rings is 1. The lowest BCUT2D eigenvalue weighted by Gasteiger charge is -2.44. The van der Waals surface area contributed by atoms with Gasteiger partial charge in [-0.15, -0.1) is 0 Å². The molecule has 1 saturated heterocycles. The fourth-order valence-electron chi connectivity index (χ4n) is 3.28. The van der Waals surface area contributed by atoms with Crippen LogP contribution in [0.3, 0.4) is 0 Å². The normalized spacial score (nSPS) is 27.5. The van der Waals surface area contributed by atoms with Crippen molar-refractivity contribution in [2.75, 3.05) is 18.0 Å². The first kappa shape index (κ1) is 11.0. The summed E-state index contributed by atoms with van der Waals surface area (Å²) in [6, 6.07) is 5.79. The summed E-state index contributed by atoms with van der Waals surface area (Å²) in [6.07, 6.45) is 4.58. The van der Waals surface area contributed by atoms with E-state index in [2.05, 4.69) is 4.90 Å². The Morgan fingerprint density at radius 1 is 1.35 bits per heavy atom. The number of nitrogens with two attached hydrogens (primary N) is 1. The first-order valence-electron chi connectivity index (χ1n) is 6.53. The number of anilines is 1. The molecular weight excluding hydrogens is 215 g/mol. The van der Waals surface area contributed by atoms with Gasteiger partial charge in [0.15, 0.2) is 0 Å². The predicted octanol–water partition coefficient (Wildman–Crippen LogP) is 2.32. The number of fused-ring (bicyclic) bond motifs is 3. The molecule has 92 valence electrons. The summed E-state index contributed by atoms with van der Waals surface area (Å²) < 4.78 is 13.3. The number of hydrogen-bond donors (Lipinski definition) is 1. The molecule has 0 radical (unpaired) electrons. The fraction of sp³-hybridized carbons (Fsp3) is 0.571. The van der Waals surface area contributed by atoms with Crippen molar-refractivity contribution in [1.82, 2.24) is 0 Å². The smallest absolute Gasteiger partial charge is 0.125 e. The minimum atomic E-state index is -0.120. The molecular formula is C14H19FN2. The molecule has 1 fully saturated rings. The van der Waals surface area contributed by atoms with Crippen molar-refractivity contribution in [2.24, 2.45) is 11.7 Å². The van der Waals surface area contributed by atoms with Crippen LogP contribution in [0.4, 0.5) is 10.1 Å². The Balaban J connectivity index is 1.89. The van der Waals surface area contributed by atoms with Crippen LogP contribution in [0.1, 0.15) is 24.8 Å². The second-order valence-corrected chi connectivity index (χ2v) is 5.29. The molecule has 0 amide bonds. The number of nitrogens with zero attached hydrogens (tertiary/aromatic N) is 1. The first-order chi connectivity index (χ1) is 8.28. The predicted molar refractivity (Wildman–Crippen MR) is 67.6 cm³/mol. The van der Waals surface area contributed by atoms with Crippen molar-refractivity contribution < 1.29 is 4.39 Å². The standard InChI is InChI=1S/C14H19FN2/c15-12-3-1-11-2-4-13-7-10(9-16)5-6-17(13)14(11)8-12/h1,3,8,10,13H,2,4-7,9,16H2. The third-order valence-electron chi connectivity index (χ3n) is 4.26. The molecule has 2 heterocycles. The van der Waals surface area contributed by atoms with Crippen LogP contribution < -0.4 is 10.6 Å². The zero-order valence-electron chi connectivity index (χ0n) is 10.0. The van der Waals surface area contributed by atoms with Crippen molar-refractivity contribution in [3.05, 3.63) is 29.6 Å². The van der Waals surface area contributed by atoms with Crippen molar-refractivity contribution in [2.45, 2.75) is 31.7 Å². The molecule has 2 N–H and O–H groups in total. The van der Waals surface area contributed by atoms with Crippen molar-refractivity contribution in [3.8, 4) is 0 Å². The summed E-state index contributed by atoms with van der Waals surface area (Å²) in [7, 11) is 0. The Hall–Kier alpha value is -1.09. The highest BCUT2D eigenvalue weighted by molar-refractivity contribution is 5.57. The summed E-state index contributed by atoms with van der Waals surface area (Å²) in [5.74, 6) is 0.539. The molecule has 2 aliphatic rings. The van der Waals surface area contributed by atoms with Gasteiger partial charge in [-0.3, -0.25) is 0 Å². The van der Waals surface area contributed by atoms with Crippen molar-refractivity contribution in [1.29, 1.82) is 0 Å². The SMILES string of the molecule is NCC1CCN2c3cc(F)ccc3CCC2C1. The molecule has 2 aliphatic heterocycles. The quantitative estimate of drug-likeness (QED) is 0.808. The topological polar surface area (TPSA) is 29.3 Å². The zero-order valence-corrected chi connectivity index (χ0v) is 10.0. The lowest BCUT2D eigenvalue weighted by atomic mass is 9.84. The van der Waals surface area contributed by atoms with Crippen LogP contribution in [0, 0.1) is 11.7 Å². The summed E-state index contributed by atoms with van der Waals surface area (Å²) in [6.45, 7) is 1.82. The van der Waals surface area contributed by atoms with Gasteiger partial charge in [0, 0.05) is 18.3 Å². The molecule has 17 heavy (non-hydrogen) atoms. The van der Waals surface area contributed by atoms with E-state index in [1.54, 1.807) is 12.1 Å². The summed E-state index contributed by atoms with van der Waals surface area (Å²) in [4.78, 5) is 2.40. The van der Waals surface area contributed by atoms with Gasteiger partial charge in [0.25, 0.3) is 0 Å². The largest absolute Gasteiger partial charge is 0.368 e. The van der Waals surface area contributed by atoms with Crippen LogP contribution in [0.25, 0.3) is 0 Å². The van der Waals surface area contributed by atoms with Gasteiger partial charge in [0.05, 0.1) is 0 Å². The first-order valence-corrected chi connectivity index (χ1v) is 6.53. The van der Waals surface area contributed by atoms with E-state index in [1.165, 1.54) is 18.4 Å². The van der Waals surface area contributed by atoms with E-state index in [1.807, 2.05) is 6.07 Å². The Labute approximate surface area is 102 Å². The molecule has 0 spiro atoms. The average Bonchev–Trinajstić information content (AvgIpc) is 2.37. The van der Waals surface area contributed by atoms with E-state index in [0.29, 0.717) is 12.0 Å². The molecule has 0 bridgehead atoms. The Morgan fingerprint density at radius 3 is 3.06 bits per heavy atom. The molecule has 3 rings (SSSR count). The molecule has 2 unspecified atom stereocenters. The average molecular weight is 234 g/mol. The zero-order chi connectivity index (χ0) is 11.8. The summed E-state index contributed by atoms with van der Waals surface area (Å²) in [5, 5.41) is 0. The van der Waals surface area contributed by atoms with Gasteiger partial charge >= 0.3 is 0 Å². The maximum absolute atomic E-state index is 13.3. The van der Waals surface area contributed by atoms with E-state index < -0.39 is 0 Å². The molecule has 1 aromatic carbocycles. The maximum Gasteiger partial charge on any atom is 0.125 e. The van der Waals surface area contributed by atoms with Crippen LogP contribution in [0.5, 0.6) is 0 Å². The van der Waals surface area contributed by atoms with Gasteiger partial charge in [-0.1, -0.05) is 6.07 Å². The number of halogens is 1. The van der Waals surface area contributed by atoms with E-state index >= 15 is 0 Å². The lowest BCUT2D eigenvalue weighted by molar-refractivity contribution is 0.327. The van der Waals surface area contributed by atoms with E-state index in [4.69, 9.17) is 5.73 Å². The molecule has 0 aliphatic carbocycles. The highest BCUT2D eigenvalue weighted by atomic mass is 19.1. The molecule has 3 heteroatoms. The van der Waals surface area contributed by atoms with Gasteiger partial charge in [0.1, 0.15) is 5.82 Å². The number of hydrogen-bond acceptors (Lipinski definition) is 2. The van der Waals surface area contributed by atoms with Gasteiger partial charge in [0.2, 0.25) is 0 Å². The summed E-state index contributed by atoms with van der Waals surface area (Å²) >= 11 is 0. The van der Waals surface area contributed by atoms with Crippen LogP contribution in [-0.2, 0) is 6.42 Å². The Morgan fingerprint density at radius 2 is 2.24 bits per heavy atom. The van der Waals surface area contributed by atoms with Crippen LogP contribution in [0.2, 0.25) is 0 Å². The van der Waals surface area contributed by atoms with Crippen LogP contribution >= 0.6 is 0 Å². The molecule has 1 aromatic rings. The fourth-order valence-corrected chi connectivity index (χ4v) is 3.28. The molecule has 2 nitrogen and oxygen atoms in total. The maximum atomic E-state index is 13.3. The molecule has 0 saturated carbocycles. The third kappa shape index (κ3) is 1.93. The molecule has 0 aromatic heterocycles. The number of rotatable bonds is 1. The highest BCUT2D eigenvalue weighted by Gasteiger charge is 2.32. The van der Waals surface area contributed by atoms with Crippen LogP contribution in [-0.4, -0.2) is 19.1 Å². The van der Waals surface area contributed by atoms with Crippen LogP contribution in [0.15, 0.2) is 18.2 Å². The Bertz CT molecular complexity index is 419. The highest BCUT2D eigenvalue weighted by Crippen LogP contribution is 2.37. The second kappa shape index (κ2) is 4.30. The minimum absolute atomic E-state index is 0.120. The summed E-state index contributed by atoms with van der Waals surface area (Å²) in [5.41, 5.74) is 8.19. The number of aryl methyl sites for hydroxylation is 1. The molecule has 2 atom stereocenters. The monoisotopic (exact) mass is 234 g/mol. The minimum Gasteiger partial charge on any atom is -0.368 e. The van der Waals surface area contributed by atoms with E-state index in [-0.39, 0.29) is 5.82 Å². The van der Waals surface area contributed by atoms with Crippen molar-refractivity contribution >= 4 is 5.69 Å². The Kier molecular flexibility index (Phi) is 2.79. The third-order valence-corrected chi connectivity index (χ3v) is 4.26. The number of piperidine rings is 1. The lowest BCUT2D eigenvalue weighted by Crippen LogP contribution is -2.46. The van der Waals surface area contributed by atoms with Crippen molar-refractivity contribution in [3.63, 3.8) is 0 Å². The van der Waals surface area contributed by atoms with Gasteiger partial charge < -0.3 is 10.6 Å².